The van der Waals surface area contributed by atoms with Crippen LogP contribution in [0.4, 0.5) is 10.1 Å². The highest BCUT2D eigenvalue weighted by Gasteiger charge is 2.30. The van der Waals surface area contributed by atoms with Gasteiger partial charge in [0.1, 0.15) is 11.6 Å². The lowest BCUT2D eigenvalue weighted by Crippen LogP contribution is -2.14. The standard InChI is InChI=1S/C25H22FN5O2/c1-15-13-17(11-12-27-15)20-8-7-19(14-23(20)33-2)28-25(32)24-22-10-9-21(31(22)30-29-24)16-3-5-18(26)6-4-16/h3-8,11-14,21H,9-10H2,1-2H3,(H,28,32). The van der Waals surface area contributed by atoms with Crippen molar-refractivity contribution >= 4 is 11.6 Å². The van der Waals surface area contributed by atoms with Crippen LogP contribution < -0.4 is 10.1 Å². The monoisotopic (exact) mass is 443 g/mol. The van der Waals surface area contributed by atoms with Crippen LogP contribution in [0.25, 0.3) is 11.1 Å². The Balaban J connectivity index is 1.38. The predicted octanol–water partition coefficient (Wildman–Crippen LogP) is 4.58. The van der Waals surface area contributed by atoms with Gasteiger partial charge in [-0.15, -0.1) is 5.10 Å². The number of hydrogen-bond donors (Lipinski definition) is 1. The number of anilines is 1. The molecular formula is C25H22FN5O2. The number of aromatic nitrogens is 4. The van der Waals surface area contributed by atoms with Gasteiger partial charge in [0.15, 0.2) is 5.69 Å². The van der Waals surface area contributed by atoms with Crippen molar-refractivity contribution in [1.82, 2.24) is 20.0 Å². The number of nitrogens with one attached hydrogen (secondary N) is 1. The molecular weight excluding hydrogens is 421 g/mol. The Morgan fingerprint density at radius 2 is 1.97 bits per heavy atom. The summed E-state index contributed by atoms with van der Waals surface area (Å²) in [5, 5.41) is 11.3. The molecule has 1 N–H and O–H groups in total. The summed E-state index contributed by atoms with van der Waals surface area (Å²) in [6.07, 6.45) is 3.21. The maximum atomic E-state index is 13.3. The third kappa shape index (κ3) is 3.95. The first-order chi connectivity index (χ1) is 16.0. The van der Waals surface area contributed by atoms with Crippen molar-refractivity contribution in [1.29, 1.82) is 0 Å². The van der Waals surface area contributed by atoms with Crippen molar-refractivity contribution in [3.63, 3.8) is 0 Å². The summed E-state index contributed by atoms with van der Waals surface area (Å²) >= 11 is 0. The van der Waals surface area contributed by atoms with Gasteiger partial charge in [0.2, 0.25) is 0 Å². The second kappa shape index (κ2) is 8.46. The van der Waals surface area contributed by atoms with Crippen LogP contribution in [0.2, 0.25) is 0 Å². The summed E-state index contributed by atoms with van der Waals surface area (Å²) in [5.74, 6) is 0.0321. The lowest BCUT2D eigenvalue weighted by molar-refractivity contribution is 0.102. The number of carbonyl (C=O) groups is 1. The maximum absolute atomic E-state index is 13.3. The molecule has 3 heterocycles. The van der Waals surface area contributed by atoms with Crippen molar-refractivity contribution in [3.05, 3.63) is 89.3 Å². The van der Waals surface area contributed by atoms with E-state index >= 15 is 0 Å². The molecule has 0 aliphatic carbocycles. The molecule has 33 heavy (non-hydrogen) atoms. The Morgan fingerprint density at radius 3 is 2.73 bits per heavy atom. The first-order valence-electron chi connectivity index (χ1n) is 10.7. The van der Waals surface area contributed by atoms with Gasteiger partial charge in [0.05, 0.1) is 18.8 Å². The number of methoxy groups -OCH3 is 1. The highest BCUT2D eigenvalue weighted by Crippen LogP contribution is 2.34. The zero-order chi connectivity index (χ0) is 22.9. The number of benzene rings is 2. The van der Waals surface area contributed by atoms with Gasteiger partial charge in [0, 0.05) is 29.2 Å². The summed E-state index contributed by atoms with van der Waals surface area (Å²) in [4.78, 5) is 17.2. The fourth-order valence-corrected chi connectivity index (χ4v) is 4.27. The van der Waals surface area contributed by atoms with E-state index in [1.807, 2.05) is 31.2 Å². The fourth-order valence-electron chi connectivity index (χ4n) is 4.27. The Bertz CT molecular complexity index is 1330. The van der Waals surface area contributed by atoms with Crippen molar-refractivity contribution in [2.75, 3.05) is 12.4 Å². The number of aryl methyl sites for hydroxylation is 1. The maximum Gasteiger partial charge on any atom is 0.278 e. The van der Waals surface area contributed by atoms with E-state index in [9.17, 15) is 9.18 Å². The number of fused-ring (bicyclic) bond motifs is 1. The van der Waals surface area contributed by atoms with Crippen molar-refractivity contribution < 1.29 is 13.9 Å². The molecule has 0 saturated heterocycles. The van der Waals surface area contributed by atoms with Crippen molar-refractivity contribution in [3.8, 4) is 16.9 Å². The van der Waals surface area contributed by atoms with E-state index in [-0.39, 0.29) is 17.8 Å². The molecule has 0 spiro atoms. The predicted molar refractivity (Wildman–Crippen MR) is 122 cm³/mol. The molecule has 7 nitrogen and oxygen atoms in total. The van der Waals surface area contributed by atoms with Crippen LogP contribution in [0, 0.1) is 12.7 Å². The molecule has 2 aromatic heterocycles. The fraction of sp³-hybridized carbons (Fsp3) is 0.200. The Morgan fingerprint density at radius 1 is 1.15 bits per heavy atom. The highest BCUT2D eigenvalue weighted by molar-refractivity contribution is 6.04. The van der Waals surface area contributed by atoms with Gasteiger partial charge in [-0.1, -0.05) is 17.3 Å². The number of hydrogen-bond acceptors (Lipinski definition) is 5. The third-order valence-electron chi connectivity index (χ3n) is 5.88. The van der Waals surface area contributed by atoms with Crippen LogP contribution in [0.1, 0.15) is 39.9 Å². The third-order valence-corrected chi connectivity index (χ3v) is 5.88. The normalized spacial score (nSPS) is 14.7. The first-order valence-corrected chi connectivity index (χ1v) is 10.7. The number of halogens is 1. The molecule has 5 rings (SSSR count). The van der Waals surface area contributed by atoms with E-state index in [1.165, 1.54) is 12.1 Å². The van der Waals surface area contributed by atoms with Gasteiger partial charge in [0.25, 0.3) is 5.91 Å². The minimum absolute atomic E-state index is 0.0575. The van der Waals surface area contributed by atoms with E-state index in [1.54, 1.807) is 36.2 Å². The van der Waals surface area contributed by atoms with Gasteiger partial charge >= 0.3 is 0 Å². The van der Waals surface area contributed by atoms with Gasteiger partial charge in [-0.25, -0.2) is 9.07 Å². The molecule has 1 unspecified atom stereocenters. The summed E-state index contributed by atoms with van der Waals surface area (Å²) in [6.45, 7) is 1.93. The van der Waals surface area contributed by atoms with Gasteiger partial charge < -0.3 is 10.1 Å². The molecule has 166 valence electrons. The molecule has 0 bridgehead atoms. The molecule has 1 amide bonds. The van der Waals surface area contributed by atoms with Crippen molar-refractivity contribution in [2.45, 2.75) is 25.8 Å². The van der Waals surface area contributed by atoms with Gasteiger partial charge in [-0.3, -0.25) is 9.78 Å². The van der Waals surface area contributed by atoms with Crippen molar-refractivity contribution in [2.24, 2.45) is 0 Å². The Labute approximate surface area is 190 Å². The summed E-state index contributed by atoms with van der Waals surface area (Å²) in [7, 11) is 1.60. The Hall–Kier alpha value is -4.07. The quantitative estimate of drug-likeness (QED) is 0.488. The number of pyridine rings is 1. The molecule has 0 radical (unpaired) electrons. The molecule has 0 fully saturated rings. The van der Waals surface area contributed by atoms with Crippen LogP contribution in [0.3, 0.4) is 0 Å². The van der Waals surface area contributed by atoms with E-state index in [0.717, 1.165) is 34.5 Å². The number of nitrogens with zero attached hydrogens (tertiary/aromatic N) is 4. The molecule has 1 atom stereocenters. The number of carbonyl (C=O) groups excluding carboxylic acids is 1. The molecule has 1 aliphatic rings. The van der Waals surface area contributed by atoms with E-state index in [2.05, 4.69) is 20.6 Å². The number of ether oxygens (including phenoxy) is 1. The average molecular weight is 443 g/mol. The first kappa shape index (κ1) is 20.8. The second-order valence-electron chi connectivity index (χ2n) is 7.99. The zero-order valence-electron chi connectivity index (χ0n) is 18.2. The highest BCUT2D eigenvalue weighted by atomic mass is 19.1. The van der Waals surface area contributed by atoms with Gasteiger partial charge in [-0.2, -0.15) is 0 Å². The van der Waals surface area contributed by atoms with Crippen LogP contribution in [-0.4, -0.2) is 33.0 Å². The molecule has 4 aromatic rings. The van der Waals surface area contributed by atoms with Gasteiger partial charge in [-0.05, 0) is 67.3 Å². The Kier molecular flexibility index (Phi) is 5.34. The number of amides is 1. The smallest absolute Gasteiger partial charge is 0.278 e. The molecule has 8 heteroatoms. The van der Waals surface area contributed by atoms with Crippen LogP contribution >= 0.6 is 0 Å². The summed E-state index contributed by atoms with van der Waals surface area (Å²) < 4.78 is 20.6. The SMILES string of the molecule is COc1cc(NC(=O)c2nnn3c2CCC3c2ccc(F)cc2)ccc1-c1ccnc(C)c1. The average Bonchev–Trinajstić information content (AvgIpc) is 3.42. The molecule has 2 aromatic carbocycles. The zero-order valence-corrected chi connectivity index (χ0v) is 18.2. The molecule has 0 saturated carbocycles. The lowest BCUT2D eigenvalue weighted by Gasteiger charge is -2.12. The largest absolute Gasteiger partial charge is 0.496 e. The summed E-state index contributed by atoms with van der Waals surface area (Å²) in [6, 6.07) is 15.7. The minimum Gasteiger partial charge on any atom is -0.496 e. The second-order valence-corrected chi connectivity index (χ2v) is 7.99. The van der Waals surface area contributed by atoms with E-state index < -0.39 is 0 Å². The van der Waals surface area contributed by atoms with Crippen LogP contribution in [0.5, 0.6) is 5.75 Å². The van der Waals surface area contributed by atoms with Crippen LogP contribution in [0.15, 0.2) is 60.8 Å². The van der Waals surface area contributed by atoms with E-state index in [0.29, 0.717) is 23.6 Å². The minimum atomic E-state index is -0.328. The lowest BCUT2D eigenvalue weighted by atomic mass is 10.0. The van der Waals surface area contributed by atoms with Crippen LogP contribution in [-0.2, 0) is 6.42 Å². The topological polar surface area (TPSA) is 81.9 Å². The number of rotatable bonds is 5. The van der Waals surface area contributed by atoms with E-state index in [4.69, 9.17) is 4.74 Å². The summed E-state index contributed by atoms with van der Waals surface area (Å²) in [5.41, 5.74) is 5.42. The molecule has 1 aliphatic heterocycles.